The van der Waals surface area contributed by atoms with Crippen molar-refractivity contribution in [3.8, 4) is 0 Å². The van der Waals surface area contributed by atoms with Gasteiger partial charge >= 0.3 is 0 Å². The lowest BCUT2D eigenvalue weighted by Gasteiger charge is -2.21. The number of aromatic nitrogens is 2. The largest absolute Gasteiger partial charge is 0.335 e. The normalized spacial score (nSPS) is 27.8. The Morgan fingerprint density at radius 3 is 2.94 bits per heavy atom. The van der Waals surface area contributed by atoms with E-state index in [4.69, 9.17) is 0 Å². The third-order valence-corrected chi connectivity index (χ3v) is 4.40. The number of imidazole rings is 1. The van der Waals surface area contributed by atoms with E-state index in [0.29, 0.717) is 0 Å². The molecule has 0 aromatic carbocycles. The molecule has 1 N–H and O–H groups in total. The lowest BCUT2D eigenvalue weighted by Crippen LogP contribution is -2.32. The van der Waals surface area contributed by atoms with Crippen LogP contribution in [0.5, 0.6) is 0 Å². The highest BCUT2D eigenvalue weighted by atomic mass is 15.1. The lowest BCUT2D eigenvalue weighted by molar-refractivity contribution is 0.347. The van der Waals surface area contributed by atoms with E-state index in [1.807, 2.05) is 6.20 Å². The summed E-state index contributed by atoms with van der Waals surface area (Å²) in [6.45, 7) is 9.02. The Morgan fingerprint density at radius 1 is 1.39 bits per heavy atom. The first-order valence-corrected chi connectivity index (χ1v) is 7.49. The van der Waals surface area contributed by atoms with Crippen molar-refractivity contribution in [3.63, 3.8) is 0 Å². The summed E-state index contributed by atoms with van der Waals surface area (Å²) < 4.78 is 2.33. The molecule has 0 radical (unpaired) electrons. The zero-order chi connectivity index (χ0) is 13.0. The number of nitrogens with one attached hydrogen (secondary N) is 1. The Kier molecular flexibility index (Phi) is 4.81. The fourth-order valence-corrected chi connectivity index (χ4v) is 3.30. The van der Waals surface area contributed by atoms with Crippen molar-refractivity contribution in [2.45, 2.75) is 59.0 Å². The SMILES string of the molecule is CCCn1ccnc1CC1CCC(NCC)C1C. The van der Waals surface area contributed by atoms with Crippen molar-refractivity contribution >= 4 is 0 Å². The topological polar surface area (TPSA) is 29.9 Å². The van der Waals surface area contributed by atoms with Gasteiger partial charge in [-0.2, -0.15) is 0 Å². The molecule has 1 aromatic heterocycles. The van der Waals surface area contributed by atoms with Crippen LogP contribution in [0.3, 0.4) is 0 Å². The molecule has 1 heterocycles. The van der Waals surface area contributed by atoms with E-state index in [1.165, 1.54) is 25.1 Å². The van der Waals surface area contributed by atoms with Gasteiger partial charge < -0.3 is 9.88 Å². The monoisotopic (exact) mass is 249 g/mol. The second-order valence-corrected chi connectivity index (χ2v) is 5.60. The first-order valence-electron chi connectivity index (χ1n) is 7.49. The molecule has 3 atom stereocenters. The van der Waals surface area contributed by atoms with E-state index in [1.54, 1.807) is 0 Å². The van der Waals surface area contributed by atoms with Gasteiger partial charge in [0.2, 0.25) is 0 Å². The van der Waals surface area contributed by atoms with Gasteiger partial charge in [0.1, 0.15) is 5.82 Å². The van der Waals surface area contributed by atoms with E-state index in [0.717, 1.165) is 37.4 Å². The molecule has 0 spiro atoms. The number of hydrogen-bond donors (Lipinski definition) is 1. The molecule has 1 aliphatic carbocycles. The average Bonchev–Trinajstić information content (AvgIpc) is 2.92. The quantitative estimate of drug-likeness (QED) is 0.840. The highest BCUT2D eigenvalue weighted by Gasteiger charge is 2.32. The minimum atomic E-state index is 0.717. The lowest BCUT2D eigenvalue weighted by atomic mass is 9.92. The molecule has 2 rings (SSSR count). The number of nitrogens with zero attached hydrogens (tertiary/aromatic N) is 2. The van der Waals surface area contributed by atoms with Gasteiger partial charge in [-0.15, -0.1) is 0 Å². The maximum Gasteiger partial charge on any atom is 0.108 e. The van der Waals surface area contributed by atoms with Gasteiger partial charge in [0, 0.05) is 31.4 Å². The van der Waals surface area contributed by atoms with Gasteiger partial charge in [-0.05, 0) is 37.6 Å². The van der Waals surface area contributed by atoms with Crippen LogP contribution in [0.25, 0.3) is 0 Å². The van der Waals surface area contributed by atoms with E-state index < -0.39 is 0 Å². The summed E-state index contributed by atoms with van der Waals surface area (Å²) in [4.78, 5) is 4.55. The summed E-state index contributed by atoms with van der Waals surface area (Å²) in [5.74, 6) is 2.86. The van der Waals surface area contributed by atoms with Crippen molar-refractivity contribution in [1.29, 1.82) is 0 Å². The molecule has 1 aliphatic rings. The average molecular weight is 249 g/mol. The molecule has 1 saturated carbocycles. The number of hydrogen-bond acceptors (Lipinski definition) is 2. The van der Waals surface area contributed by atoms with E-state index in [9.17, 15) is 0 Å². The molecule has 3 nitrogen and oxygen atoms in total. The minimum absolute atomic E-state index is 0.717. The van der Waals surface area contributed by atoms with Crippen LogP contribution in [0, 0.1) is 11.8 Å². The summed E-state index contributed by atoms with van der Waals surface area (Å²) >= 11 is 0. The molecule has 1 aromatic rings. The zero-order valence-corrected chi connectivity index (χ0v) is 12.0. The third kappa shape index (κ3) is 2.94. The third-order valence-electron chi connectivity index (χ3n) is 4.40. The Labute approximate surface area is 111 Å². The van der Waals surface area contributed by atoms with Crippen molar-refractivity contribution in [1.82, 2.24) is 14.9 Å². The van der Waals surface area contributed by atoms with Crippen LogP contribution in [0.4, 0.5) is 0 Å². The Bertz CT molecular complexity index is 358. The van der Waals surface area contributed by atoms with Crippen LogP contribution in [0.1, 0.15) is 45.9 Å². The first-order chi connectivity index (χ1) is 8.76. The van der Waals surface area contributed by atoms with Crippen molar-refractivity contribution in [2.24, 2.45) is 11.8 Å². The molecule has 3 unspecified atom stereocenters. The smallest absolute Gasteiger partial charge is 0.108 e. The van der Waals surface area contributed by atoms with Gasteiger partial charge in [-0.25, -0.2) is 4.98 Å². The Morgan fingerprint density at radius 2 is 2.22 bits per heavy atom. The van der Waals surface area contributed by atoms with Crippen LogP contribution in [0.15, 0.2) is 12.4 Å². The van der Waals surface area contributed by atoms with Crippen LogP contribution < -0.4 is 5.32 Å². The van der Waals surface area contributed by atoms with Crippen LogP contribution >= 0.6 is 0 Å². The highest BCUT2D eigenvalue weighted by molar-refractivity contribution is 4.98. The molecule has 0 aliphatic heterocycles. The fourth-order valence-electron chi connectivity index (χ4n) is 3.30. The zero-order valence-electron chi connectivity index (χ0n) is 12.0. The highest BCUT2D eigenvalue weighted by Crippen LogP contribution is 2.33. The molecular formula is C15H27N3. The summed E-state index contributed by atoms with van der Waals surface area (Å²) in [7, 11) is 0. The Hall–Kier alpha value is -0.830. The van der Waals surface area contributed by atoms with Gasteiger partial charge in [-0.1, -0.05) is 20.8 Å². The van der Waals surface area contributed by atoms with Crippen LogP contribution in [0.2, 0.25) is 0 Å². The maximum absolute atomic E-state index is 4.55. The molecule has 3 heteroatoms. The number of rotatable bonds is 6. The standard InChI is InChI=1S/C15H27N3/c1-4-9-18-10-8-17-15(18)11-13-6-7-14(12(13)3)16-5-2/h8,10,12-14,16H,4-7,9,11H2,1-3H3. The van der Waals surface area contributed by atoms with E-state index >= 15 is 0 Å². The predicted octanol–water partition coefficient (Wildman–Crippen LogP) is 2.86. The maximum atomic E-state index is 4.55. The Balaban J connectivity index is 1.95. The van der Waals surface area contributed by atoms with Crippen molar-refractivity contribution in [3.05, 3.63) is 18.2 Å². The van der Waals surface area contributed by atoms with Gasteiger partial charge in [0.05, 0.1) is 0 Å². The fraction of sp³-hybridized carbons (Fsp3) is 0.800. The molecule has 0 saturated heterocycles. The molecular weight excluding hydrogens is 222 g/mol. The van der Waals surface area contributed by atoms with Crippen molar-refractivity contribution < 1.29 is 0 Å². The molecule has 1 fully saturated rings. The summed E-state index contributed by atoms with van der Waals surface area (Å²) in [5.41, 5.74) is 0. The van der Waals surface area contributed by atoms with Crippen LogP contribution in [-0.4, -0.2) is 22.1 Å². The molecule has 0 amide bonds. The summed E-state index contributed by atoms with van der Waals surface area (Å²) in [6.07, 6.45) is 9.08. The summed E-state index contributed by atoms with van der Waals surface area (Å²) in [6, 6.07) is 0.717. The van der Waals surface area contributed by atoms with Gasteiger partial charge in [0.25, 0.3) is 0 Å². The second-order valence-electron chi connectivity index (χ2n) is 5.60. The minimum Gasteiger partial charge on any atom is -0.335 e. The van der Waals surface area contributed by atoms with Gasteiger partial charge in [0.15, 0.2) is 0 Å². The number of aryl methyl sites for hydroxylation is 1. The van der Waals surface area contributed by atoms with E-state index in [2.05, 4.69) is 41.8 Å². The van der Waals surface area contributed by atoms with E-state index in [-0.39, 0.29) is 0 Å². The van der Waals surface area contributed by atoms with Crippen LogP contribution in [-0.2, 0) is 13.0 Å². The first kappa shape index (κ1) is 13.6. The molecule has 102 valence electrons. The van der Waals surface area contributed by atoms with Gasteiger partial charge in [-0.3, -0.25) is 0 Å². The van der Waals surface area contributed by atoms with Crippen molar-refractivity contribution in [2.75, 3.05) is 6.54 Å². The predicted molar refractivity (Wildman–Crippen MR) is 75.6 cm³/mol. The molecule has 0 bridgehead atoms. The molecule has 18 heavy (non-hydrogen) atoms. The summed E-state index contributed by atoms with van der Waals surface area (Å²) in [5, 5.41) is 3.62. The second kappa shape index (κ2) is 6.37.